The maximum Gasteiger partial charge on any atom is 0.283 e. The number of hydrogen-bond acceptors (Lipinski definition) is 6. The van der Waals surface area contributed by atoms with Crippen LogP contribution in [0.1, 0.15) is 29.6 Å². The molecule has 0 atom stereocenters. The van der Waals surface area contributed by atoms with Crippen LogP contribution in [0.25, 0.3) is 23.1 Å². The molecule has 0 bridgehead atoms. The summed E-state index contributed by atoms with van der Waals surface area (Å²) >= 11 is 0. The van der Waals surface area contributed by atoms with Crippen LogP contribution in [0, 0.1) is 0 Å². The lowest BCUT2D eigenvalue weighted by molar-refractivity contribution is 0.102. The Morgan fingerprint density at radius 1 is 0.903 bits per heavy atom. The van der Waals surface area contributed by atoms with Gasteiger partial charge in [0, 0.05) is 35.6 Å². The van der Waals surface area contributed by atoms with E-state index in [1.54, 1.807) is 18.4 Å². The highest BCUT2D eigenvalue weighted by molar-refractivity contribution is 6.05. The number of benzene rings is 2. The van der Waals surface area contributed by atoms with E-state index in [1.807, 2.05) is 42.5 Å². The fourth-order valence-electron chi connectivity index (χ4n) is 3.77. The fraction of sp³-hybridized carbons (Fsp3) is 0.208. The highest BCUT2D eigenvalue weighted by Gasteiger charge is 2.15. The summed E-state index contributed by atoms with van der Waals surface area (Å²) in [5, 5.41) is 11.1. The van der Waals surface area contributed by atoms with Crippen LogP contribution in [0.4, 0.5) is 11.4 Å². The number of piperidine rings is 1. The van der Waals surface area contributed by atoms with E-state index in [4.69, 9.17) is 8.83 Å². The minimum absolute atomic E-state index is 0.155. The van der Waals surface area contributed by atoms with Gasteiger partial charge in [-0.05, 0) is 67.8 Å². The molecule has 4 aromatic rings. The molecule has 156 valence electrons. The molecule has 7 nitrogen and oxygen atoms in total. The van der Waals surface area contributed by atoms with E-state index in [2.05, 4.69) is 26.5 Å². The van der Waals surface area contributed by atoms with E-state index in [-0.39, 0.29) is 5.91 Å². The van der Waals surface area contributed by atoms with Crippen LogP contribution in [0.2, 0.25) is 0 Å². The summed E-state index contributed by atoms with van der Waals surface area (Å²) in [5.41, 5.74) is 3.09. The van der Waals surface area contributed by atoms with E-state index in [0.29, 0.717) is 34.4 Å². The molecule has 2 aromatic carbocycles. The van der Waals surface area contributed by atoms with E-state index >= 15 is 0 Å². The molecule has 1 saturated heterocycles. The van der Waals surface area contributed by atoms with Crippen LogP contribution in [0.5, 0.6) is 0 Å². The van der Waals surface area contributed by atoms with Gasteiger partial charge in [-0.1, -0.05) is 12.1 Å². The zero-order chi connectivity index (χ0) is 21.0. The first-order valence-electron chi connectivity index (χ1n) is 10.4. The minimum atomic E-state index is -0.155. The number of furan rings is 1. The van der Waals surface area contributed by atoms with E-state index in [1.165, 1.54) is 19.3 Å². The lowest BCUT2D eigenvalue weighted by atomic mass is 10.1. The predicted octanol–water partition coefficient (Wildman–Crippen LogP) is 5.24. The summed E-state index contributed by atoms with van der Waals surface area (Å²) < 4.78 is 11.0. The molecule has 7 heteroatoms. The summed E-state index contributed by atoms with van der Waals surface area (Å²) in [5.74, 6) is 1.02. The molecule has 1 aliphatic heterocycles. The maximum absolute atomic E-state index is 12.9. The first-order valence-corrected chi connectivity index (χ1v) is 10.4. The van der Waals surface area contributed by atoms with Crippen LogP contribution < -0.4 is 10.2 Å². The normalized spacial score (nSPS) is 13.9. The summed E-state index contributed by atoms with van der Waals surface area (Å²) in [6, 6.07) is 18.6. The topological polar surface area (TPSA) is 84.4 Å². The summed E-state index contributed by atoms with van der Waals surface area (Å²) in [6.45, 7) is 2.08. The van der Waals surface area contributed by atoms with Crippen molar-refractivity contribution in [3.8, 4) is 23.1 Å². The van der Waals surface area contributed by atoms with Gasteiger partial charge in [0.15, 0.2) is 5.76 Å². The van der Waals surface area contributed by atoms with Gasteiger partial charge >= 0.3 is 0 Å². The van der Waals surface area contributed by atoms with Crippen molar-refractivity contribution >= 4 is 17.3 Å². The molecule has 0 saturated carbocycles. The van der Waals surface area contributed by atoms with Crippen LogP contribution in [-0.4, -0.2) is 29.2 Å². The zero-order valence-corrected chi connectivity index (χ0v) is 17.0. The second-order valence-electron chi connectivity index (χ2n) is 7.52. The van der Waals surface area contributed by atoms with Crippen molar-refractivity contribution < 1.29 is 13.6 Å². The molecule has 31 heavy (non-hydrogen) atoms. The SMILES string of the molecule is O=C(Nc1cccc(-c2nnc(-c3ccco3)o2)c1)c1cccc(N2CCCCC2)c1. The van der Waals surface area contributed by atoms with Gasteiger partial charge in [0.2, 0.25) is 5.89 Å². The Morgan fingerprint density at radius 3 is 2.58 bits per heavy atom. The van der Waals surface area contributed by atoms with Crippen LogP contribution in [0.15, 0.2) is 75.8 Å². The third-order valence-electron chi connectivity index (χ3n) is 5.35. The Labute approximate surface area is 179 Å². The molecular formula is C24H22N4O3. The second kappa shape index (κ2) is 8.47. The first-order chi connectivity index (χ1) is 15.3. The van der Waals surface area contributed by atoms with Crippen molar-refractivity contribution in [1.29, 1.82) is 0 Å². The number of nitrogens with one attached hydrogen (secondary N) is 1. The standard InChI is InChI=1S/C24H22N4O3/c29-22(17-7-5-10-20(16-17)28-12-2-1-3-13-28)25-19-9-4-8-18(15-19)23-26-27-24(31-23)21-11-6-14-30-21/h4-11,14-16H,1-3,12-13H2,(H,25,29). The van der Waals surface area contributed by atoms with Gasteiger partial charge in [-0.15, -0.1) is 10.2 Å². The number of nitrogens with zero attached hydrogens (tertiary/aromatic N) is 3. The molecule has 1 aliphatic rings. The van der Waals surface area contributed by atoms with Gasteiger partial charge in [0.05, 0.1) is 6.26 Å². The number of amides is 1. The van der Waals surface area contributed by atoms with Gasteiger partial charge in [-0.3, -0.25) is 4.79 Å². The molecule has 1 amide bonds. The van der Waals surface area contributed by atoms with E-state index in [0.717, 1.165) is 18.8 Å². The van der Waals surface area contributed by atoms with Crippen molar-refractivity contribution in [2.75, 3.05) is 23.3 Å². The number of carbonyl (C=O) groups excluding carboxylic acids is 1. The van der Waals surface area contributed by atoms with Crippen LogP contribution >= 0.6 is 0 Å². The van der Waals surface area contributed by atoms with E-state index in [9.17, 15) is 4.79 Å². The second-order valence-corrected chi connectivity index (χ2v) is 7.52. The zero-order valence-electron chi connectivity index (χ0n) is 17.0. The van der Waals surface area contributed by atoms with Crippen molar-refractivity contribution in [2.45, 2.75) is 19.3 Å². The smallest absolute Gasteiger partial charge is 0.283 e. The van der Waals surface area contributed by atoms with Crippen LogP contribution in [-0.2, 0) is 0 Å². The predicted molar refractivity (Wildman–Crippen MR) is 118 cm³/mol. The number of carbonyl (C=O) groups is 1. The van der Waals surface area contributed by atoms with Crippen molar-refractivity contribution in [3.05, 3.63) is 72.5 Å². The average molecular weight is 414 g/mol. The molecule has 3 heterocycles. The third-order valence-corrected chi connectivity index (χ3v) is 5.35. The summed E-state index contributed by atoms with van der Waals surface area (Å²) in [7, 11) is 0. The Balaban J connectivity index is 1.32. The summed E-state index contributed by atoms with van der Waals surface area (Å²) in [4.78, 5) is 15.2. The summed E-state index contributed by atoms with van der Waals surface area (Å²) in [6.07, 6.45) is 5.22. The first kappa shape index (κ1) is 19.1. The average Bonchev–Trinajstić information content (AvgIpc) is 3.52. The third kappa shape index (κ3) is 4.21. The van der Waals surface area contributed by atoms with E-state index < -0.39 is 0 Å². The molecule has 0 unspecified atom stereocenters. The number of aromatic nitrogens is 2. The van der Waals surface area contributed by atoms with Gasteiger partial charge < -0.3 is 19.1 Å². The molecule has 2 aromatic heterocycles. The monoisotopic (exact) mass is 414 g/mol. The minimum Gasteiger partial charge on any atom is -0.459 e. The van der Waals surface area contributed by atoms with Crippen molar-refractivity contribution in [3.63, 3.8) is 0 Å². The van der Waals surface area contributed by atoms with Gasteiger partial charge in [0.1, 0.15) is 0 Å². The number of anilines is 2. The molecule has 1 N–H and O–H groups in total. The Hall–Kier alpha value is -3.87. The molecule has 0 radical (unpaired) electrons. The van der Waals surface area contributed by atoms with Gasteiger partial charge in [-0.2, -0.15) is 0 Å². The molecular weight excluding hydrogens is 392 g/mol. The fourth-order valence-corrected chi connectivity index (χ4v) is 3.77. The molecule has 1 fully saturated rings. The Kier molecular flexibility index (Phi) is 5.22. The molecule has 0 spiro atoms. The maximum atomic E-state index is 12.9. The lowest BCUT2D eigenvalue weighted by Gasteiger charge is -2.29. The van der Waals surface area contributed by atoms with Gasteiger partial charge in [0.25, 0.3) is 11.8 Å². The number of hydrogen-bond donors (Lipinski definition) is 1. The van der Waals surface area contributed by atoms with Gasteiger partial charge in [-0.25, -0.2) is 0 Å². The Bertz CT molecular complexity index is 1180. The Morgan fingerprint density at radius 2 is 1.74 bits per heavy atom. The highest BCUT2D eigenvalue weighted by Crippen LogP contribution is 2.26. The van der Waals surface area contributed by atoms with Crippen molar-refractivity contribution in [2.24, 2.45) is 0 Å². The van der Waals surface area contributed by atoms with Crippen LogP contribution in [0.3, 0.4) is 0 Å². The quantitative estimate of drug-likeness (QED) is 0.481. The molecule has 5 rings (SSSR count). The van der Waals surface area contributed by atoms with Crippen molar-refractivity contribution in [1.82, 2.24) is 10.2 Å². The largest absolute Gasteiger partial charge is 0.459 e. The molecule has 0 aliphatic carbocycles. The lowest BCUT2D eigenvalue weighted by Crippen LogP contribution is -2.29. The highest BCUT2D eigenvalue weighted by atomic mass is 16.4. The number of rotatable bonds is 5.